The number of nitrogens with one attached hydrogen (secondary N) is 1. The highest BCUT2D eigenvalue weighted by Gasteiger charge is 2.31. The summed E-state index contributed by atoms with van der Waals surface area (Å²) in [5.74, 6) is -1.20. The first-order chi connectivity index (χ1) is 12.1. The van der Waals surface area contributed by atoms with E-state index in [2.05, 4.69) is 9.88 Å². The van der Waals surface area contributed by atoms with Crippen LogP contribution in [0.4, 0.5) is 13.2 Å². The second-order valence-corrected chi connectivity index (χ2v) is 6.71. The third-order valence-corrected chi connectivity index (χ3v) is 4.22. The van der Waals surface area contributed by atoms with Crippen molar-refractivity contribution in [3.63, 3.8) is 0 Å². The number of aromatic carboxylic acids is 1. The molecule has 0 radical (unpaired) electrons. The lowest BCUT2D eigenvalue weighted by Crippen LogP contribution is -2.13. The predicted molar refractivity (Wildman–Crippen MR) is 96.9 cm³/mol. The molecule has 5 nitrogen and oxygen atoms in total. The van der Waals surface area contributed by atoms with Gasteiger partial charge in [0.15, 0.2) is 5.69 Å². The molecule has 0 atom stereocenters. The van der Waals surface area contributed by atoms with E-state index in [0.717, 1.165) is 36.4 Å². The van der Waals surface area contributed by atoms with Crippen LogP contribution in [0.3, 0.4) is 0 Å². The monoisotopic (exact) mass is 408 g/mol. The van der Waals surface area contributed by atoms with Crippen LogP contribution in [0.5, 0.6) is 0 Å². The first-order valence-electron chi connectivity index (χ1n) is 7.41. The number of benzene rings is 1. The van der Waals surface area contributed by atoms with Crippen LogP contribution >= 0.6 is 22.9 Å². The molecule has 0 saturated heterocycles. The first kappa shape index (κ1) is 22.4. The summed E-state index contributed by atoms with van der Waals surface area (Å²) in [6.07, 6.45) is -3.48. The van der Waals surface area contributed by atoms with Gasteiger partial charge in [-0.1, -0.05) is 18.0 Å². The molecular formula is C16H18ClF3N3O2S-. The Morgan fingerprint density at radius 3 is 2.42 bits per heavy atom. The van der Waals surface area contributed by atoms with Crippen LogP contribution in [-0.2, 0) is 6.18 Å². The van der Waals surface area contributed by atoms with E-state index >= 15 is 0 Å². The van der Waals surface area contributed by atoms with Gasteiger partial charge in [-0.3, -0.25) is 0 Å². The third kappa shape index (κ3) is 6.91. The molecule has 0 aliphatic heterocycles. The molecule has 2 aromatic rings. The quantitative estimate of drug-likeness (QED) is 0.740. The number of nitrogens with zero attached hydrogens (tertiary/aromatic N) is 2. The number of alkyl halides is 3. The van der Waals surface area contributed by atoms with Gasteiger partial charge in [-0.25, -0.2) is 9.78 Å². The Morgan fingerprint density at radius 2 is 2.04 bits per heavy atom. The van der Waals surface area contributed by atoms with Gasteiger partial charge in [0.1, 0.15) is 5.01 Å². The van der Waals surface area contributed by atoms with E-state index in [4.69, 9.17) is 22.4 Å². The van der Waals surface area contributed by atoms with Crippen molar-refractivity contribution >= 4 is 28.9 Å². The molecule has 1 aromatic heterocycles. The van der Waals surface area contributed by atoms with Gasteiger partial charge >= 0.3 is 12.1 Å². The molecule has 0 aliphatic carbocycles. The van der Waals surface area contributed by atoms with E-state index in [9.17, 15) is 18.0 Å². The molecule has 1 heterocycles. The van der Waals surface area contributed by atoms with Crippen LogP contribution in [-0.4, -0.2) is 48.1 Å². The lowest BCUT2D eigenvalue weighted by atomic mass is 10.1. The molecule has 0 saturated carbocycles. The van der Waals surface area contributed by atoms with Gasteiger partial charge in [0, 0.05) is 10.9 Å². The summed E-state index contributed by atoms with van der Waals surface area (Å²) >= 11 is 6.78. The Labute approximate surface area is 158 Å². The maximum absolute atomic E-state index is 12.5. The molecule has 1 aromatic carbocycles. The molecule has 0 fully saturated rings. The minimum Gasteiger partial charge on any atom is -0.677 e. The fourth-order valence-electron chi connectivity index (χ4n) is 1.76. The normalized spacial score (nSPS) is 11.2. The minimum atomic E-state index is -4.47. The largest absolute Gasteiger partial charge is 0.677 e. The Balaban J connectivity index is 0.000000412. The topological polar surface area (TPSA) is 77.2 Å². The summed E-state index contributed by atoms with van der Waals surface area (Å²) in [4.78, 5) is 16.6. The summed E-state index contributed by atoms with van der Waals surface area (Å²) in [7, 11) is 4.05. The molecule has 0 unspecified atom stereocenters. The smallest absolute Gasteiger partial charge is 0.416 e. The number of carboxylic acid groups (broad SMARTS) is 1. The van der Waals surface area contributed by atoms with Crippen LogP contribution in [0.15, 0.2) is 23.6 Å². The van der Waals surface area contributed by atoms with Crippen molar-refractivity contribution in [3.05, 3.63) is 45.6 Å². The Bertz CT molecular complexity index is 736. The summed E-state index contributed by atoms with van der Waals surface area (Å²) < 4.78 is 37.4. The van der Waals surface area contributed by atoms with Gasteiger partial charge in [-0.05, 0) is 38.8 Å². The van der Waals surface area contributed by atoms with E-state index < -0.39 is 17.7 Å². The molecular weight excluding hydrogens is 391 g/mol. The number of carboxylic acids is 1. The van der Waals surface area contributed by atoms with Crippen LogP contribution in [0, 0.1) is 0 Å². The summed E-state index contributed by atoms with van der Waals surface area (Å²) in [6, 6.07) is 2.84. The number of halogens is 4. The van der Waals surface area contributed by atoms with Crippen molar-refractivity contribution in [2.45, 2.75) is 12.6 Å². The average Bonchev–Trinajstić information content (AvgIpc) is 3.02. The fourth-order valence-corrected chi connectivity index (χ4v) is 2.91. The zero-order valence-corrected chi connectivity index (χ0v) is 15.7. The minimum absolute atomic E-state index is 0.124. The lowest BCUT2D eigenvalue weighted by Gasteiger charge is -2.08. The van der Waals surface area contributed by atoms with Gasteiger partial charge in [0.2, 0.25) is 0 Å². The van der Waals surface area contributed by atoms with Crippen molar-refractivity contribution < 1.29 is 23.1 Å². The van der Waals surface area contributed by atoms with E-state index in [1.165, 1.54) is 11.4 Å². The van der Waals surface area contributed by atoms with E-state index in [1.807, 2.05) is 14.1 Å². The summed E-state index contributed by atoms with van der Waals surface area (Å²) in [5, 5.41) is 10.2. The van der Waals surface area contributed by atoms with E-state index in [1.54, 1.807) is 0 Å². The average molecular weight is 409 g/mol. The maximum atomic E-state index is 12.5. The maximum Gasteiger partial charge on any atom is 0.416 e. The van der Waals surface area contributed by atoms with E-state index in [0.29, 0.717) is 6.54 Å². The molecule has 26 heavy (non-hydrogen) atoms. The zero-order chi connectivity index (χ0) is 19.9. The predicted octanol–water partition coefficient (Wildman–Crippen LogP) is 5.17. The Hall–Kier alpha value is -1.68. The van der Waals surface area contributed by atoms with Gasteiger partial charge in [0.25, 0.3) is 0 Å². The Morgan fingerprint density at radius 1 is 1.38 bits per heavy atom. The molecule has 144 valence electrons. The van der Waals surface area contributed by atoms with Crippen molar-refractivity contribution in [2.75, 3.05) is 27.2 Å². The summed E-state index contributed by atoms with van der Waals surface area (Å²) in [5.41, 5.74) is 6.00. The molecule has 0 aliphatic rings. The standard InChI is InChI=1S/C11H5ClF3NO2S.C5H13N2/c12-7-3-5(11(13,14)15)1-2-6(7)9-16-8(4-19-9)10(17)18;1-7(2)5-3-4-6/h1-4H,(H,17,18);6H,3-5H2,1-2H3/q;-1. The molecule has 10 heteroatoms. The SMILES string of the molecule is CN(C)CCC[NH-].O=C(O)c1csc(-c2ccc(C(F)(F)F)cc2Cl)n1. The fraction of sp³-hybridized carbons (Fsp3) is 0.375. The molecule has 2 rings (SSSR count). The summed E-state index contributed by atoms with van der Waals surface area (Å²) in [6.45, 7) is 1.60. The number of hydrogen-bond donors (Lipinski definition) is 1. The highest BCUT2D eigenvalue weighted by Crippen LogP contribution is 2.36. The number of thiazole rings is 1. The lowest BCUT2D eigenvalue weighted by molar-refractivity contribution is -0.137. The van der Waals surface area contributed by atoms with Crippen molar-refractivity contribution in [2.24, 2.45) is 0 Å². The third-order valence-electron chi connectivity index (χ3n) is 3.03. The van der Waals surface area contributed by atoms with Crippen molar-refractivity contribution in [1.82, 2.24) is 9.88 Å². The van der Waals surface area contributed by atoms with Gasteiger partial charge < -0.3 is 15.7 Å². The van der Waals surface area contributed by atoms with Gasteiger partial charge in [0.05, 0.1) is 10.6 Å². The Kier molecular flexibility index (Phi) is 8.48. The van der Waals surface area contributed by atoms with E-state index in [-0.39, 0.29) is 21.3 Å². The molecule has 2 N–H and O–H groups in total. The van der Waals surface area contributed by atoms with Crippen LogP contribution in [0.1, 0.15) is 22.5 Å². The van der Waals surface area contributed by atoms with Gasteiger partial charge in [-0.15, -0.1) is 17.9 Å². The van der Waals surface area contributed by atoms with Gasteiger partial charge in [-0.2, -0.15) is 13.2 Å². The van der Waals surface area contributed by atoms with Crippen molar-refractivity contribution in [1.29, 1.82) is 0 Å². The van der Waals surface area contributed by atoms with Crippen LogP contribution in [0.2, 0.25) is 5.02 Å². The van der Waals surface area contributed by atoms with Crippen LogP contribution in [0.25, 0.3) is 16.3 Å². The number of rotatable bonds is 5. The zero-order valence-electron chi connectivity index (χ0n) is 14.1. The van der Waals surface area contributed by atoms with Crippen molar-refractivity contribution in [3.8, 4) is 10.6 Å². The number of aromatic nitrogens is 1. The highest BCUT2D eigenvalue weighted by molar-refractivity contribution is 7.13. The first-order valence-corrected chi connectivity index (χ1v) is 8.67. The number of hydrogen-bond acceptors (Lipinski definition) is 4. The second-order valence-electron chi connectivity index (χ2n) is 5.44. The molecule has 0 bridgehead atoms. The molecule has 0 amide bonds. The highest BCUT2D eigenvalue weighted by atomic mass is 35.5. The van der Waals surface area contributed by atoms with Crippen LogP contribution < -0.4 is 0 Å². The molecule has 0 spiro atoms. The second kappa shape index (κ2) is 9.86. The number of carbonyl (C=O) groups is 1.